The van der Waals surface area contributed by atoms with Gasteiger partial charge in [-0.2, -0.15) is 0 Å². The standard InChI is InChI=1S/C21H21BrFN3O2/c22-16-2-7-19-15(13-16)1-8-20(27)26(19)14-21(28)25-11-9-24(10-12-25)18-5-3-17(23)4-6-18/h2-7,13H,1,8-12,14H2. The Hall–Kier alpha value is -2.41. The molecule has 0 aliphatic carbocycles. The molecule has 28 heavy (non-hydrogen) atoms. The van der Waals surface area contributed by atoms with Crippen molar-refractivity contribution in [3.8, 4) is 0 Å². The molecule has 0 radical (unpaired) electrons. The molecule has 2 heterocycles. The number of hydrogen-bond acceptors (Lipinski definition) is 3. The molecule has 4 rings (SSSR count). The quantitative estimate of drug-likeness (QED) is 0.728. The van der Waals surface area contributed by atoms with E-state index in [1.807, 2.05) is 18.2 Å². The number of carbonyl (C=O) groups excluding carboxylic acids is 2. The Bertz CT molecular complexity index is 895. The van der Waals surface area contributed by atoms with Crippen molar-refractivity contribution in [2.24, 2.45) is 0 Å². The number of fused-ring (bicyclic) bond motifs is 1. The van der Waals surface area contributed by atoms with Gasteiger partial charge in [0.05, 0.1) is 0 Å². The Morgan fingerprint density at radius 3 is 2.43 bits per heavy atom. The van der Waals surface area contributed by atoms with Crippen LogP contribution in [-0.2, 0) is 16.0 Å². The summed E-state index contributed by atoms with van der Waals surface area (Å²) in [5, 5.41) is 0. The predicted molar refractivity (Wildman–Crippen MR) is 110 cm³/mol. The van der Waals surface area contributed by atoms with Gasteiger partial charge in [-0.15, -0.1) is 0 Å². The lowest BCUT2D eigenvalue weighted by Crippen LogP contribution is -2.52. The van der Waals surface area contributed by atoms with Crippen LogP contribution in [0.1, 0.15) is 12.0 Å². The van der Waals surface area contributed by atoms with Crippen molar-refractivity contribution >= 4 is 39.1 Å². The number of piperazine rings is 1. The van der Waals surface area contributed by atoms with Crippen molar-refractivity contribution in [2.45, 2.75) is 12.8 Å². The molecule has 7 heteroatoms. The maximum atomic E-state index is 13.1. The van der Waals surface area contributed by atoms with Gasteiger partial charge in [0, 0.05) is 48.4 Å². The van der Waals surface area contributed by atoms with Gasteiger partial charge in [-0.05, 0) is 54.4 Å². The third-order valence-corrected chi connectivity index (χ3v) is 5.85. The maximum absolute atomic E-state index is 13.1. The van der Waals surface area contributed by atoms with Crippen molar-refractivity contribution in [3.05, 3.63) is 58.3 Å². The van der Waals surface area contributed by atoms with Gasteiger partial charge >= 0.3 is 0 Å². The van der Waals surface area contributed by atoms with Crippen molar-refractivity contribution in [1.29, 1.82) is 0 Å². The smallest absolute Gasteiger partial charge is 0.242 e. The summed E-state index contributed by atoms with van der Waals surface area (Å²) in [7, 11) is 0. The van der Waals surface area contributed by atoms with Crippen LogP contribution in [-0.4, -0.2) is 49.4 Å². The highest BCUT2D eigenvalue weighted by molar-refractivity contribution is 9.10. The number of amides is 2. The first-order valence-electron chi connectivity index (χ1n) is 9.38. The molecule has 5 nitrogen and oxygen atoms in total. The molecule has 0 bridgehead atoms. The van der Waals surface area contributed by atoms with Crippen LogP contribution >= 0.6 is 15.9 Å². The van der Waals surface area contributed by atoms with Crippen molar-refractivity contribution in [2.75, 3.05) is 42.5 Å². The van der Waals surface area contributed by atoms with Crippen LogP contribution in [0.5, 0.6) is 0 Å². The topological polar surface area (TPSA) is 43.9 Å². The highest BCUT2D eigenvalue weighted by atomic mass is 79.9. The molecule has 2 aromatic carbocycles. The van der Waals surface area contributed by atoms with Crippen LogP contribution in [0.3, 0.4) is 0 Å². The highest BCUT2D eigenvalue weighted by Gasteiger charge is 2.29. The van der Waals surface area contributed by atoms with Crippen LogP contribution in [0, 0.1) is 5.82 Å². The summed E-state index contributed by atoms with van der Waals surface area (Å²) in [5.41, 5.74) is 2.87. The molecule has 1 saturated heterocycles. The molecule has 0 saturated carbocycles. The Morgan fingerprint density at radius 2 is 1.71 bits per heavy atom. The molecule has 0 spiro atoms. The van der Waals surface area contributed by atoms with Gasteiger partial charge in [0.2, 0.25) is 11.8 Å². The van der Waals surface area contributed by atoms with Crippen molar-refractivity contribution < 1.29 is 14.0 Å². The van der Waals surface area contributed by atoms with E-state index in [0.29, 0.717) is 39.0 Å². The van der Waals surface area contributed by atoms with Crippen molar-refractivity contribution in [1.82, 2.24) is 4.90 Å². The van der Waals surface area contributed by atoms with E-state index in [4.69, 9.17) is 0 Å². The summed E-state index contributed by atoms with van der Waals surface area (Å²) in [6, 6.07) is 12.2. The van der Waals surface area contributed by atoms with E-state index in [0.717, 1.165) is 21.4 Å². The zero-order valence-electron chi connectivity index (χ0n) is 15.4. The Morgan fingerprint density at radius 1 is 1.00 bits per heavy atom. The van der Waals surface area contributed by atoms with Gasteiger partial charge in [0.15, 0.2) is 0 Å². The fourth-order valence-corrected chi connectivity index (χ4v) is 4.21. The van der Waals surface area contributed by atoms with Gasteiger partial charge in [-0.3, -0.25) is 9.59 Å². The van der Waals surface area contributed by atoms with E-state index >= 15 is 0 Å². The number of carbonyl (C=O) groups is 2. The zero-order chi connectivity index (χ0) is 19.7. The zero-order valence-corrected chi connectivity index (χ0v) is 17.0. The second-order valence-electron chi connectivity index (χ2n) is 7.10. The number of nitrogens with zero attached hydrogens (tertiary/aromatic N) is 3. The first kappa shape index (κ1) is 18.9. The predicted octanol–water partition coefficient (Wildman–Crippen LogP) is 3.22. The number of rotatable bonds is 3. The summed E-state index contributed by atoms with van der Waals surface area (Å²) in [4.78, 5) is 30.8. The van der Waals surface area contributed by atoms with E-state index in [2.05, 4.69) is 20.8 Å². The third kappa shape index (κ3) is 3.90. The summed E-state index contributed by atoms with van der Waals surface area (Å²) in [6.07, 6.45) is 1.13. The molecule has 0 N–H and O–H groups in total. The van der Waals surface area contributed by atoms with Gasteiger partial charge in [-0.1, -0.05) is 15.9 Å². The largest absolute Gasteiger partial charge is 0.368 e. The molecular weight excluding hydrogens is 425 g/mol. The molecule has 0 aromatic heterocycles. The van der Waals surface area contributed by atoms with Gasteiger partial charge in [0.1, 0.15) is 12.4 Å². The summed E-state index contributed by atoms with van der Waals surface area (Å²) >= 11 is 3.46. The van der Waals surface area contributed by atoms with Gasteiger partial charge in [-0.25, -0.2) is 4.39 Å². The van der Waals surface area contributed by atoms with Crippen LogP contribution in [0.4, 0.5) is 15.8 Å². The van der Waals surface area contributed by atoms with Crippen LogP contribution < -0.4 is 9.80 Å². The molecule has 0 unspecified atom stereocenters. The lowest BCUT2D eigenvalue weighted by Gasteiger charge is -2.37. The van der Waals surface area contributed by atoms with E-state index in [9.17, 15) is 14.0 Å². The molecule has 146 valence electrons. The molecule has 2 aliphatic rings. The lowest BCUT2D eigenvalue weighted by molar-refractivity contribution is -0.131. The Labute approximate surface area is 171 Å². The number of halogens is 2. The maximum Gasteiger partial charge on any atom is 0.242 e. The van der Waals surface area contributed by atoms with E-state index in [1.54, 1.807) is 21.9 Å². The van der Waals surface area contributed by atoms with Gasteiger partial charge < -0.3 is 14.7 Å². The van der Waals surface area contributed by atoms with Crippen LogP contribution in [0.2, 0.25) is 0 Å². The first-order chi connectivity index (χ1) is 13.5. The Balaban J connectivity index is 1.40. The van der Waals surface area contributed by atoms with Gasteiger partial charge in [0.25, 0.3) is 0 Å². The summed E-state index contributed by atoms with van der Waals surface area (Å²) in [5.74, 6) is -0.299. The minimum absolute atomic E-state index is 0.00637. The lowest BCUT2D eigenvalue weighted by atomic mass is 10.0. The monoisotopic (exact) mass is 445 g/mol. The molecular formula is C21H21BrFN3O2. The minimum Gasteiger partial charge on any atom is -0.368 e. The number of hydrogen-bond donors (Lipinski definition) is 0. The van der Waals surface area contributed by atoms with Crippen LogP contribution in [0.15, 0.2) is 46.9 Å². The van der Waals surface area contributed by atoms with Crippen molar-refractivity contribution in [3.63, 3.8) is 0 Å². The fraction of sp³-hybridized carbons (Fsp3) is 0.333. The third-order valence-electron chi connectivity index (χ3n) is 5.36. The average molecular weight is 446 g/mol. The highest BCUT2D eigenvalue weighted by Crippen LogP contribution is 2.30. The summed E-state index contributed by atoms with van der Waals surface area (Å²) in [6.45, 7) is 2.63. The fourth-order valence-electron chi connectivity index (χ4n) is 3.80. The van der Waals surface area contributed by atoms with E-state index < -0.39 is 0 Å². The molecule has 2 amide bonds. The number of benzene rings is 2. The molecule has 2 aromatic rings. The first-order valence-corrected chi connectivity index (χ1v) is 10.2. The Kier molecular flexibility index (Phi) is 5.35. The SMILES string of the molecule is O=C(CN1C(=O)CCc2cc(Br)ccc21)N1CCN(c2ccc(F)cc2)CC1. The second kappa shape index (κ2) is 7.91. The second-order valence-corrected chi connectivity index (χ2v) is 8.01. The van der Waals surface area contributed by atoms with Crippen LogP contribution in [0.25, 0.3) is 0 Å². The number of aryl methyl sites for hydroxylation is 1. The average Bonchev–Trinajstić information content (AvgIpc) is 2.71. The molecule has 0 atom stereocenters. The molecule has 2 aliphatic heterocycles. The normalized spacial score (nSPS) is 16.9. The number of anilines is 2. The molecule has 1 fully saturated rings. The van der Waals surface area contributed by atoms with E-state index in [-0.39, 0.29) is 24.2 Å². The van der Waals surface area contributed by atoms with E-state index in [1.165, 1.54) is 12.1 Å². The minimum atomic E-state index is -0.254. The summed E-state index contributed by atoms with van der Waals surface area (Å²) < 4.78 is 14.1.